The number of methoxy groups -OCH3 is 1. The quantitative estimate of drug-likeness (QED) is 0.0707. The van der Waals surface area contributed by atoms with Crippen LogP contribution in [0.5, 0.6) is 34.5 Å². The van der Waals surface area contributed by atoms with Gasteiger partial charge >= 0.3 is 0 Å². The van der Waals surface area contributed by atoms with Crippen molar-refractivity contribution in [2.45, 2.75) is 70.0 Å². The second kappa shape index (κ2) is 17.3. The van der Waals surface area contributed by atoms with Crippen LogP contribution in [0.3, 0.4) is 0 Å². The molecule has 0 fully saturated rings. The van der Waals surface area contributed by atoms with Gasteiger partial charge in [0.1, 0.15) is 18.1 Å². The van der Waals surface area contributed by atoms with Crippen molar-refractivity contribution < 1.29 is 44.9 Å². The number of carbonyl (C=O) groups is 1. The molecule has 0 amide bonds. The Labute approximate surface area is 275 Å². The van der Waals surface area contributed by atoms with E-state index < -0.39 is 11.9 Å². The number of ketones is 1. The molecule has 250 valence electrons. The predicted molar refractivity (Wildman–Crippen MR) is 178 cm³/mol. The molecule has 0 radical (unpaired) electrons. The number of hydrogen-bond donors (Lipinski definition) is 6. The van der Waals surface area contributed by atoms with Crippen molar-refractivity contribution >= 4 is 5.78 Å². The molecule has 47 heavy (non-hydrogen) atoms. The topological polar surface area (TPSA) is 157 Å². The Morgan fingerprint density at radius 1 is 0.787 bits per heavy atom. The molecule has 0 saturated heterocycles. The fourth-order valence-corrected chi connectivity index (χ4v) is 5.77. The van der Waals surface area contributed by atoms with E-state index in [1.807, 2.05) is 24.3 Å². The number of aryl methyl sites for hydroxylation is 3. The smallest absolute Gasteiger partial charge is 0.200 e. The number of benzene rings is 4. The average molecular weight is 645 g/mol. The molecule has 9 nitrogen and oxygen atoms in total. The molecule has 9 heteroatoms. The number of ether oxygens (including phenoxy) is 2. The van der Waals surface area contributed by atoms with Gasteiger partial charge < -0.3 is 40.1 Å². The number of phenolic OH excluding ortho intramolecular Hbond substituents is 4. The van der Waals surface area contributed by atoms with E-state index in [4.69, 9.17) is 9.47 Å². The Hall–Kier alpha value is -4.73. The van der Waals surface area contributed by atoms with Crippen LogP contribution >= 0.6 is 0 Å². The van der Waals surface area contributed by atoms with Gasteiger partial charge in [0.15, 0.2) is 23.0 Å². The van der Waals surface area contributed by atoms with Crippen LogP contribution in [-0.4, -0.2) is 56.2 Å². The van der Waals surface area contributed by atoms with E-state index in [0.29, 0.717) is 42.6 Å². The minimum atomic E-state index is -0.959. The summed E-state index contributed by atoms with van der Waals surface area (Å²) in [5, 5.41) is 61.4. The van der Waals surface area contributed by atoms with Gasteiger partial charge in [0, 0.05) is 19.4 Å². The van der Waals surface area contributed by atoms with Crippen LogP contribution in [0, 0.1) is 0 Å². The zero-order valence-electron chi connectivity index (χ0n) is 26.6. The Morgan fingerprint density at radius 2 is 1.55 bits per heavy atom. The lowest BCUT2D eigenvalue weighted by Gasteiger charge is -2.23. The van der Waals surface area contributed by atoms with E-state index in [9.17, 15) is 35.4 Å². The van der Waals surface area contributed by atoms with Gasteiger partial charge in [-0.05, 0) is 109 Å². The highest BCUT2D eigenvalue weighted by Gasteiger charge is 2.23. The van der Waals surface area contributed by atoms with Crippen molar-refractivity contribution in [2.75, 3.05) is 13.7 Å². The number of aliphatic hydroxyl groups is 2. The lowest BCUT2D eigenvalue weighted by molar-refractivity contribution is -0.121. The van der Waals surface area contributed by atoms with E-state index in [2.05, 4.69) is 0 Å². The number of aromatic hydroxyl groups is 4. The van der Waals surface area contributed by atoms with Crippen molar-refractivity contribution in [2.24, 2.45) is 0 Å². The molecule has 0 aliphatic rings. The molecule has 0 saturated carbocycles. The molecule has 0 aliphatic heterocycles. The molecular formula is C38H44O9. The average Bonchev–Trinajstić information content (AvgIpc) is 3.06. The van der Waals surface area contributed by atoms with Crippen LogP contribution in [-0.2, 0) is 30.7 Å². The maximum atomic E-state index is 12.9. The number of rotatable bonds is 18. The predicted octanol–water partition coefficient (Wildman–Crippen LogP) is 6.08. The van der Waals surface area contributed by atoms with Gasteiger partial charge in [-0.25, -0.2) is 0 Å². The third-order valence-electron chi connectivity index (χ3n) is 8.29. The van der Waals surface area contributed by atoms with Crippen LogP contribution in [0.4, 0.5) is 0 Å². The summed E-state index contributed by atoms with van der Waals surface area (Å²) in [5.41, 5.74) is 4.39. The fourth-order valence-electron chi connectivity index (χ4n) is 5.77. The summed E-state index contributed by atoms with van der Waals surface area (Å²) >= 11 is 0. The molecule has 2 atom stereocenters. The fraction of sp³-hybridized carbons (Fsp3) is 0.342. The van der Waals surface area contributed by atoms with E-state index in [1.54, 1.807) is 42.5 Å². The molecular weight excluding hydrogens is 600 g/mol. The molecule has 6 N–H and O–H groups in total. The molecule has 4 aromatic carbocycles. The number of phenols is 4. The van der Waals surface area contributed by atoms with Gasteiger partial charge in [0.25, 0.3) is 0 Å². The van der Waals surface area contributed by atoms with Crippen LogP contribution in [0.25, 0.3) is 0 Å². The van der Waals surface area contributed by atoms with E-state index >= 15 is 0 Å². The second-order valence-corrected chi connectivity index (χ2v) is 11.8. The Balaban J connectivity index is 1.51. The molecule has 2 unspecified atom stereocenters. The number of Topliss-reactive ketones (excluding diaryl/α,β-unsaturated/α-hetero) is 1. The minimum Gasteiger partial charge on any atom is -0.508 e. The standard InChI is InChI=1S/C38H44O9/c1-46-36-19-25(12-16-34(36)43)11-15-32(41)23-33(42)20-29(14-13-28-8-3-2-7-27(28)9-5-17-39)30-21-35(44)38(45)37(22-30)47-24-26-6-4-10-31(40)18-26/h2-4,6-8,10,12,16,18-19,21-22,29,33,39-40,42-45H,5,9,11,13-15,17,20,23-24H2,1H3. The molecule has 0 spiro atoms. The molecule has 0 bridgehead atoms. The molecule has 0 aromatic heterocycles. The maximum Gasteiger partial charge on any atom is 0.200 e. The van der Waals surface area contributed by atoms with Crippen molar-refractivity contribution in [1.29, 1.82) is 0 Å². The summed E-state index contributed by atoms with van der Waals surface area (Å²) in [6, 6.07) is 22.6. The van der Waals surface area contributed by atoms with Crippen molar-refractivity contribution in [1.82, 2.24) is 0 Å². The lowest BCUT2D eigenvalue weighted by Crippen LogP contribution is -2.18. The Kier molecular flexibility index (Phi) is 12.9. The SMILES string of the molecule is COc1cc(CCC(=O)CC(O)CC(CCc2ccccc2CCCO)c2cc(O)c(O)c(OCc3cccc(O)c3)c2)ccc1O. The van der Waals surface area contributed by atoms with Crippen molar-refractivity contribution in [3.05, 3.63) is 107 Å². The van der Waals surface area contributed by atoms with Crippen LogP contribution < -0.4 is 9.47 Å². The summed E-state index contributed by atoms with van der Waals surface area (Å²) in [6.45, 7) is 0.132. The molecule has 4 rings (SSSR count). The largest absolute Gasteiger partial charge is 0.508 e. The van der Waals surface area contributed by atoms with Crippen LogP contribution in [0.15, 0.2) is 78.9 Å². The van der Waals surface area contributed by atoms with Gasteiger partial charge in [-0.15, -0.1) is 0 Å². The monoisotopic (exact) mass is 644 g/mol. The van der Waals surface area contributed by atoms with Gasteiger partial charge in [-0.2, -0.15) is 0 Å². The highest BCUT2D eigenvalue weighted by Crippen LogP contribution is 2.41. The number of carbonyl (C=O) groups excluding carboxylic acids is 1. The summed E-state index contributed by atoms with van der Waals surface area (Å²) in [5.74, 6) is -0.697. The third-order valence-corrected chi connectivity index (χ3v) is 8.29. The normalized spacial score (nSPS) is 12.4. The number of hydrogen-bond acceptors (Lipinski definition) is 9. The minimum absolute atomic E-state index is 0.0215. The Bertz CT molecular complexity index is 1620. The van der Waals surface area contributed by atoms with Crippen molar-refractivity contribution in [3.63, 3.8) is 0 Å². The van der Waals surface area contributed by atoms with Crippen LogP contribution in [0.1, 0.15) is 65.8 Å². The first-order valence-corrected chi connectivity index (χ1v) is 15.9. The van der Waals surface area contributed by atoms with E-state index in [1.165, 1.54) is 19.2 Å². The van der Waals surface area contributed by atoms with Gasteiger partial charge in [-0.1, -0.05) is 42.5 Å². The lowest BCUT2D eigenvalue weighted by atomic mass is 9.85. The first kappa shape index (κ1) is 35.1. The zero-order valence-corrected chi connectivity index (χ0v) is 26.6. The highest BCUT2D eigenvalue weighted by atomic mass is 16.5. The maximum absolute atomic E-state index is 12.9. The van der Waals surface area contributed by atoms with Gasteiger partial charge in [-0.3, -0.25) is 4.79 Å². The molecule has 0 aliphatic carbocycles. The van der Waals surface area contributed by atoms with Crippen LogP contribution in [0.2, 0.25) is 0 Å². The van der Waals surface area contributed by atoms with Gasteiger partial charge in [0.05, 0.1) is 13.2 Å². The third kappa shape index (κ3) is 10.4. The summed E-state index contributed by atoms with van der Waals surface area (Å²) in [4.78, 5) is 12.9. The second-order valence-electron chi connectivity index (χ2n) is 11.8. The number of aliphatic hydroxyl groups excluding tert-OH is 2. The van der Waals surface area contributed by atoms with Crippen molar-refractivity contribution in [3.8, 4) is 34.5 Å². The summed E-state index contributed by atoms with van der Waals surface area (Å²) < 4.78 is 11.0. The van der Waals surface area contributed by atoms with Gasteiger partial charge in [0.2, 0.25) is 5.75 Å². The Morgan fingerprint density at radius 3 is 2.28 bits per heavy atom. The zero-order chi connectivity index (χ0) is 33.8. The highest BCUT2D eigenvalue weighted by molar-refractivity contribution is 5.79. The first-order chi connectivity index (χ1) is 22.7. The first-order valence-electron chi connectivity index (χ1n) is 15.9. The van der Waals surface area contributed by atoms with E-state index in [0.717, 1.165) is 23.1 Å². The molecule has 4 aromatic rings. The molecule has 0 heterocycles. The summed E-state index contributed by atoms with van der Waals surface area (Å²) in [6.07, 6.45) is 2.46. The van der Waals surface area contributed by atoms with E-state index in [-0.39, 0.29) is 67.2 Å². The summed E-state index contributed by atoms with van der Waals surface area (Å²) in [7, 11) is 1.46.